The van der Waals surface area contributed by atoms with Crippen molar-refractivity contribution in [3.63, 3.8) is 0 Å². The average Bonchev–Trinajstić information content (AvgIpc) is 3.00. The molecule has 1 amide bonds. The topological polar surface area (TPSA) is 49.8 Å². The number of hydrogen-bond acceptors (Lipinski definition) is 3. The van der Waals surface area contributed by atoms with E-state index < -0.39 is 0 Å². The first-order valence-corrected chi connectivity index (χ1v) is 9.15. The molecule has 0 spiro atoms. The Morgan fingerprint density at radius 2 is 2.00 bits per heavy atom. The highest BCUT2D eigenvalue weighted by Crippen LogP contribution is 2.43. The molecule has 2 aromatic carbocycles. The van der Waals surface area contributed by atoms with Crippen molar-refractivity contribution in [2.45, 2.75) is 43.4 Å². The molecule has 2 aliphatic rings. The first-order valence-electron chi connectivity index (χ1n) is 8.77. The van der Waals surface area contributed by atoms with Gasteiger partial charge in [-0.25, -0.2) is 0 Å². The zero-order valence-electron chi connectivity index (χ0n) is 14.2. The Kier molecular flexibility index (Phi) is 4.22. The van der Waals surface area contributed by atoms with Crippen molar-refractivity contribution in [1.29, 1.82) is 0 Å². The lowest BCUT2D eigenvalue weighted by Crippen LogP contribution is -2.52. The number of methoxy groups -OCH3 is 1. The monoisotopic (exact) mass is 359 g/mol. The molecule has 1 aliphatic carbocycles. The molecule has 5 heteroatoms. The minimum Gasteiger partial charge on any atom is -0.393 e. The normalized spacial score (nSPS) is 29.0. The number of fused-ring (bicyclic) bond motifs is 2. The largest absolute Gasteiger partial charge is 0.393 e. The molecule has 25 heavy (non-hydrogen) atoms. The van der Waals surface area contributed by atoms with Crippen molar-refractivity contribution >= 4 is 28.3 Å². The molecule has 2 fully saturated rings. The summed E-state index contributed by atoms with van der Waals surface area (Å²) in [5.41, 5.74) is 0.337. The van der Waals surface area contributed by atoms with Crippen LogP contribution in [0.2, 0.25) is 5.02 Å². The second-order valence-electron chi connectivity index (χ2n) is 7.10. The zero-order valence-corrected chi connectivity index (χ0v) is 15.0. The maximum atomic E-state index is 13.3. The molecule has 1 N–H and O–H groups in total. The van der Waals surface area contributed by atoms with Gasteiger partial charge in [0.05, 0.1) is 17.7 Å². The van der Waals surface area contributed by atoms with Crippen molar-refractivity contribution in [2.24, 2.45) is 0 Å². The molecule has 0 bridgehead atoms. The van der Waals surface area contributed by atoms with Gasteiger partial charge in [0.15, 0.2) is 0 Å². The van der Waals surface area contributed by atoms with Crippen LogP contribution in [-0.2, 0) is 4.74 Å². The van der Waals surface area contributed by atoms with Gasteiger partial charge in [-0.2, -0.15) is 0 Å². The van der Waals surface area contributed by atoms with Gasteiger partial charge in [0.2, 0.25) is 0 Å². The third-order valence-corrected chi connectivity index (χ3v) is 6.25. The Morgan fingerprint density at radius 3 is 2.80 bits per heavy atom. The van der Waals surface area contributed by atoms with Gasteiger partial charge < -0.3 is 14.7 Å². The zero-order chi connectivity index (χ0) is 17.6. The summed E-state index contributed by atoms with van der Waals surface area (Å²) in [4.78, 5) is 15.2. The van der Waals surface area contributed by atoms with Crippen LogP contribution in [0.15, 0.2) is 36.4 Å². The molecule has 0 radical (unpaired) electrons. The summed E-state index contributed by atoms with van der Waals surface area (Å²) in [7, 11) is 1.72. The highest BCUT2D eigenvalue weighted by atomic mass is 35.5. The minimum atomic E-state index is -0.372. The summed E-state index contributed by atoms with van der Waals surface area (Å²) >= 11 is 6.29. The molecule has 1 saturated carbocycles. The lowest BCUT2D eigenvalue weighted by Gasteiger charge is -2.42. The number of likely N-dealkylation sites (tertiary alicyclic amines) is 1. The number of benzene rings is 2. The molecule has 1 aliphatic heterocycles. The Balaban J connectivity index is 1.73. The molecule has 1 saturated heterocycles. The number of carbonyl (C=O) groups excluding carboxylic acids is 1. The van der Waals surface area contributed by atoms with Gasteiger partial charge in [0, 0.05) is 29.6 Å². The van der Waals surface area contributed by atoms with Crippen LogP contribution in [0.1, 0.15) is 36.0 Å². The standard InChI is InChI=1S/C20H22ClNO3/c1-25-20-9-8-13(23)12-18(20)22(11-10-20)19(24)16-6-2-5-15-14(16)4-3-7-17(15)21/h2-7,13,18,23H,8-12H2,1H3/t13-,18-,20+/m0/s1. The minimum absolute atomic E-state index is 0.00843. The first kappa shape index (κ1) is 16.8. The highest BCUT2D eigenvalue weighted by molar-refractivity contribution is 6.36. The summed E-state index contributed by atoms with van der Waals surface area (Å²) in [5.74, 6) is -0.00843. The van der Waals surface area contributed by atoms with Crippen molar-refractivity contribution in [3.8, 4) is 0 Å². The lowest BCUT2D eigenvalue weighted by atomic mass is 9.79. The second-order valence-corrected chi connectivity index (χ2v) is 7.51. The van der Waals surface area contributed by atoms with Gasteiger partial charge in [-0.1, -0.05) is 35.9 Å². The second kappa shape index (κ2) is 6.27. The summed E-state index contributed by atoms with van der Waals surface area (Å²) < 4.78 is 5.85. The Bertz CT molecular complexity index is 824. The number of hydrogen-bond donors (Lipinski definition) is 1. The van der Waals surface area contributed by atoms with E-state index in [1.807, 2.05) is 41.3 Å². The Labute approximate surface area is 152 Å². The average molecular weight is 360 g/mol. The van der Waals surface area contributed by atoms with Crippen LogP contribution in [0.3, 0.4) is 0 Å². The quantitative estimate of drug-likeness (QED) is 0.890. The molecule has 2 aromatic rings. The van der Waals surface area contributed by atoms with E-state index in [0.717, 1.165) is 30.0 Å². The van der Waals surface area contributed by atoms with Gasteiger partial charge in [0.25, 0.3) is 5.91 Å². The predicted octanol–water partition coefficient (Wildman–Crippen LogP) is 3.64. The number of halogens is 1. The summed E-state index contributed by atoms with van der Waals surface area (Å²) in [6.45, 7) is 0.654. The molecule has 0 unspecified atom stereocenters. The molecular formula is C20H22ClNO3. The van der Waals surface area contributed by atoms with Gasteiger partial charge in [-0.05, 0) is 43.2 Å². The van der Waals surface area contributed by atoms with Crippen LogP contribution in [0.4, 0.5) is 0 Å². The Morgan fingerprint density at radius 1 is 1.24 bits per heavy atom. The number of ether oxygens (including phenoxy) is 1. The molecule has 0 aromatic heterocycles. The van der Waals surface area contributed by atoms with Crippen molar-refractivity contribution in [2.75, 3.05) is 13.7 Å². The molecule has 3 atom stereocenters. The van der Waals surface area contributed by atoms with Gasteiger partial charge in [-0.15, -0.1) is 0 Å². The molecule has 1 heterocycles. The van der Waals surface area contributed by atoms with Crippen LogP contribution < -0.4 is 0 Å². The van der Waals surface area contributed by atoms with E-state index >= 15 is 0 Å². The maximum absolute atomic E-state index is 13.3. The predicted molar refractivity (Wildman–Crippen MR) is 98.0 cm³/mol. The Hall–Kier alpha value is -1.62. The van der Waals surface area contributed by atoms with Crippen molar-refractivity contribution in [3.05, 3.63) is 47.0 Å². The SMILES string of the molecule is CO[C@@]12CC[C@H](O)C[C@@H]1N(C(=O)c1cccc3c(Cl)cccc13)CC2. The number of carbonyl (C=O) groups is 1. The molecule has 132 valence electrons. The molecule has 4 nitrogen and oxygen atoms in total. The highest BCUT2D eigenvalue weighted by Gasteiger charge is 2.52. The number of aliphatic hydroxyl groups excluding tert-OH is 1. The maximum Gasteiger partial charge on any atom is 0.254 e. The van der Waals surface area contributed by atoms with E-state index in [1.165, 1.54) is 0 Å². The van der Waals surface area contributed by atoms with Gasteiger partial charge in [0.1, 0.15) is 0 Å². The fraction of sp³-hybridized carbons (Fsp3) is 0.450. The van der Waals surface area contributed by atoms with Crippen LogP contribution in [0.25, 0.3) is 10.8 Å². The fourth-order valence-corrected chi connectivity index (χ4v) is 4.77. The fourth-order valence-electron chi connectivity index (χ4n) is 4.53. The number of amides is 1. The third kappa shape index (κ3) is 2.64. The van der Waals surface area contributed by atoms with E-state index in [1.54, 1.807) is 7.11 Å². The van der Waals surface area contributed by atoms with Gasteiger partial charge >= 0.3 is 0 Å². The van der Waals surface area contributed by atoms with E-state index in [9.17, 15) is 9.90 Å². The van der Waals surface area contributed by atoms with Gasteiger partial charge in [-0.3, -0.25) is 4.79 Å². The number of rotatable bonds is 2. The van der Waals surface area contributed by atoms with Crippen LogP contribution >= 0.6 is 11.6 Å². The summed E-state index contributed by atoms with van der Waals surface area (Å²) in [6, 6.07) is 11.2. The summed E-state index contributed by atoms with van der Waals surface area (Å²) in [6.07, 6.45) is 2.55. The van der Waals surface area contributed by atoms with E-state index in [2.05, 4.69) is 0 Å². The lowest BCUT2D eigenvalue weighted by molar-refractivity contribution is -0.0824. The smallest absolute Gasteiger partial charge is 0.254 e. The first-order chi connectivity index (χ1) is 12.1. The van der Waals surface area contributed by atoms with Crippen LogP contribution in [-0.4, -0.2) is 47.3 Å². The van der Waals surface area contributed by atoms with Crippen LogP contribution in [0, 0.1) is 0 Å². The van der Waals surface area contributed by atoms with Crippen LogP contribution in [0.5, 0.6) is 0 Å². The van der Waals surface area contributed by atoms with E-state index in [-0.39, 0.29) is 23.7 Å². The van der Waals surface area contributed by atoms with Crippen molar-refractivity contribution in [1.82, 2.24) is 4.90 Å². The van der Waals surface area contributed by atoms with Crippen molar-refractivity contribution < 1.29 is 14.6 Å². The van der Waals surface area contributed by atoms with E-state index in [0.29, 0.717) is 23.6 Å². The molecule has 4 rings (SSSR count). The third-order valence-electron chi connectivity index (χ3n) is 5.92. The van der Waals surface area contributed by atoms with E-state index in [4.69, 9.17) is 16.3 Å². The summed E-state index contributed by atoms with van der Waals surface area (Å²) in [5, 5.41) is 12.5. The number of nitrogens with zero attached hydrogens (tertiary/aromatic N) is 1. The molecular weight excluding hydrogens is 338 g/mol. The number of aliphatic hydroxyl groups is 1.